The second kappa shape index (κ2) is 6.06. The molecule has 19 heavy (non-hydrogen) atoms. The minimum Gasteiger partial charge on any atom is -0.329 e. The van der Waals surface area contributed by atoms with Crippen molar-refractivity contribution in [3.05, 3.63) is 29.3 Å². The number of anilines is 1. The number of hydrogen-bond donors (Lipinski definition) is 1. The molecular formula is C14H19ClN2O2. The standard InChI is InChI=1S/C14H19ClN2O2/c1-10(18)17(14(2,3)4)9-13(19)16-12-7-5-11(15)6-8-12/h5-8H,9H2,1-4H3,(H,16,19). The van der Waals surface area contributed by atoms with Gasteiger partial charge in [-0.25, -0.2) is 0 Å². The average Bonchev–Trinajstić information content (AvgIpc) is 2.27. The van der Waals surface area contributed by atoms with Crippen molar-refractivity contribution < 1.29 is 9.59 Å². The fourth-order valence-electron chi connectivity index (χ4n) is 1.70. The van der Waals surface area contributed by atoms with E-state index in [1.165, 1.54) is 11.8 Å². The zero-order valence-electron chi connectivity index (χ0n) is 11.7. The minimum absolute atomic E-state index is 0.0292. The molecule has 2 amide bonds. The first-order valence-electron chi connectivity index (χ1n) is 6.04. The quantitative estimate of drug-likeness (QED) is 0.927. The van der Waals surface area contributed by atoms with Crippen LogP contribution in [0.5, 0.6) is 0 Å². The first-order valence-corrected chi connectivity index (χ1v) is 6.41. The van der Waals surface area contributed by atoms with E-state index in [0.29, 0.717) is 10.7 Å². The van der Waals surface area contributed by atoms with Gasteiger partial charge in [-0.05, 0) is 45.0 Å². The van der Waals surface area contributed by atoms with Crippen LogP contribution in [-0.2, 0) is 9.59 Å². The normalized spacial score (nSPS) is 11.0. The Morgan fingerprint density at radius 1 is 1.21 bits per heavy atom. The van der Waals surface area contributed by atoms with Gasteiger partial charge in [-0.2, -0.15) is 0 Å². The lowest BCUT2D eigenvalue weighted by Crippen LogP contribution is -2.48. The fraction of sp³-hybridized carbons (Fsp3) is 0.429. The predicted molar refractivity (Wildman–Crippen MR) is 77.2 cm³/mol. The monoisotopic (exact) mass is 282 g/mol. The van der Waals surface area contributed by atoms with E-state index in [9.17, 15) is 9.59 Å². The first kappa shape index (κ1) is 15.5. The van der Waals surface area contributed by atoms with E-state index in [-0.39, 0.29) is 23.9 Å². The van der Waals surface area contributed by atoms with Crippen LogP contribution >= 0.6 is 11.6 Å². The number of hydrogen-bond acceptors (Lipinski definition) is 2. The molecule has 1 aromatic carbocycles. The molecule has 0 saturated carbocycles. The third kappa shape index (κ3) is 4.91. The second-order valence-corrected chi connectivity index (χ2v) is 5.77. The predicted octanol–water partition coefficient (Wildman–Crippen LogP) is 2.93. The molecule has 0 spiro atoms. The summed E-state index contributed by atoms with van der Waals surface area (Å²) in [7, 11) is 0. The summed E-state index contributed by atoms with van der Waals surface area (Å²) in [6.45, 7) is 7.17. The van der Waals surface area contributed by atoms with E-state index in [0.717, 1.165) is 0 Å². The molecule has 5 heteroatoms. The summed E-state index contributed by atoms with van der Waals surface area (Å²) >= 11 is 5.77. The van der Waals surface area contributed by atoms with E-state index in [4.69, 9.17) is 11.6 Å². The zero-order valence-corrected chi connectivity index (χ0v) is 12.4. The molecule has 0 aromatic heterocycles. The van der Waals surface area contributed by atoms with Crippen LogP contribution in [0.2, 0.25) is 5.02 Å². The number of halogens is 1. The van der Waals surface area contributed by atoms with Crippen LogP contribution in [-0.4, -0.2) is 28.8 Å². The van der Waals surface area contributed by atoms with Crippen LogP contribution in [0.25, 0.3) is 0 Å². The summed E-state index contributed by atoms with van der Waals surface area (Å²) in [4.78, 5) is 25.0. The van der Waals surface area contributed by atoms with Gasteiger partial charge in [0.15, 0.2) is 0 Å². The second-order valence-electron chi connectivity index (χ2n) is 5.33. The molecule has 104 valence electrons. The van der Waals surface area contributed by atoms with Gasteiger partial charge in [-0.3, -0.25) is 9.59 Å². The number of nitrogens with one attached hydrogen (secondary N) is 1. The Labute approximate surface area is 118 Å². The number of carbonyl (C=O) groups is 2. The molecule has 1 rings (SSSR count). The number of carbonyl (C=O) groups excluding carboxylic acids is 2. The Balaban J connectivity index is 2.68. The van der Waals surface area contributed by atoms with Crippen molar-refractivity contribution in [2.75, 3.05) is 11.9 Å². The molecule has 0 saturated heterocycles. The maximum atomic E-state index is 11.9. The molecule has 0 radical (unpaired) electrons. The molecule has 0 bridgehead atoms. The highest BCUT2D eigenvalue weighted by Crippen LogP contribution is 2.15. The highest BCUT2D eigenvalue weighted by atomic mass is 35.5. The summed E-state index contributed by atoms with van der Waals surface area (Å²) in [5.41, 5.74) is 0.273. The molecule has 0 aliphatic carbocycles. The number of amides is 2. The third-order valence-electron chi connectivity index (χ3n) is 2.62. The van der Waals surface area contributed by atoms with Crippen LogP contribution in [0.3, 0.4) is 0 Å². The van der Waals surface area contributed by atoms with Crippen molar-refractivity contribution in [3.63, 3.8) is 0 Å². The third-order valence-corrected chi connectivity index (χ3v) is 2.87. The van der Waals surface area contributed by atoms with Crippen molar-refractivity contribution in [3.8, 4) is 0 Å². The largest absolute Gasteiger partial charge is 0.329 e. The molecule has 1 aromatic rings. The lowest BCUT2D eigenvalue weighted by Gasteiger charge is -2.34. The summed E-state index contributed by atoms with van der Waals surface area (Å²) in [6.07, 6.45) is 0. The molecule has 0 aliphatic heterocycles. The number of rotatable bonds is 3. The van der Waals surface area contributed by atoms with Crippen LogP contribution in [0.1, 0.15) is 27.7 Å². The number of nitrogens with zero attached hydrogens (tertiary/aromatic N) is 1. The van der Waals surface area contributed by atoms with Gasteiger partial charge in [-0.15, -0.1) is 0 Å². The van der Waals surface area contributed by atoms with Crippen molar-refractivity contribution in [2.24, 2.45) is 0 Å². The van der Waals surface area contributed by atoms with E-state index in [2.05, 4.69) is 5.32 Å². The fourth-order valence-corrected chi connectivity index (χ4v) is 1.82. The van der Waals surface area contributed by atoms with Gasteiger partial charge in [0, 0.05) is 23.2 Å². The Kier molecular flexibility index (Phi) is 4.95. The summed E-state index contributed by atoms with van der Waals surface area (Å²) < 4.78 is 0. The number of benzene rings is 1. The van der Waals surface area contributed by atoms with E-state index in [1.807, 2.05) is 20.8 Å². The highest BCUT2D eigenvalue weighted by molar-refractivity contribution is 6.30. The topological polar surface area (TPSA) is 49.4 Å². The van der Waals surface area contributed by atoms with Crippen LogP contribution < -0.4 is 5.32 Å². The molecule has 0 heterocycles. The summed E-state index contributed by atoms with van der Waals surface area (Å²) in [6, 6.07) is 6.83. The Bertz CT molecular complexity index is 463. The molecule has 0 aliphatic rings. The molecule has 1 N–H and O–H groups in total. The molecule has 0 unspecified atom stereocenters. The maximum Gasteiger partial charge on any atom is 0.244 e. The molecule has 0 fully saturated rings. The lowest BCUT2D eigenvalue weighted by molar-refractivity contribution is -0.137. The lowest BCUT2D eigenvalue weighted by atomic mass is 10.1. The Morgan fingerprint density at radius 3 is 2.16 bits per heavy atom. The molecule has 0 atom stereocenters. The Morgan fingerprint density at radius 2 is 1.74 bits per heavy atom. The van der Waals surface area contributed by atoms with Crippen molar-refractivity contribution in [2.45, 2.75) is 33.2 Å². The SMILES string of the molecule is CC(=O)N(CC(=O)Nc1ccc(Cl)cc1)C(C)(C)C. The van der Waals surface area contributed by atoms with E-state index in [1.54, 1.807) is 24.3 Å². The first-order chi connectivity index (χ1) is 8.70. The van der Waals surface area contributed by atoms with Crippen molar-refractivity contribution in [1.29, 1.82) is 0 Å². The molecular weight excluding hydrogens is 264 g/mol. The minimum atomic E-state index is -0.386. The smallest absolute Gasteiger partial charge is 0.244 e. The van der Waals surface area contributed by atoms with Crippen LogP contribution in [0.4, 0.5) is 5.69 Å². The van der Waals surface area contributed by atoms with Gasteiger partial charge >= 0.3 is 0 Å². The molecule has 4 nitrogen and oxygen atoms in total. The van der Waals surface area contributed by atoms with Crippen LogP contribution in [0.15, 0.2) is 24.3 Å². The van der Waals surface area contributed by atoms with Gasteiger partial charge in [0.1, 0.15) is 6.54 Å². The van der Waals surface area contributed by atoms with Crippen molar-refractivity contribution in [1.82, 2.24) is 4.90 Å². The zero-order chi connectivity index (χ0) is 14.6. The van der Waals surface area contributed by atoms with Gasteiger partial charge < -0.3 is 10.2 Å². The van der Waals surface area contributed by atoms with E-state index < -0.39 is 0 Å². The Hall–Kier alpha value is -1.55. The van der Waals surface area contributed by atoms with Gasteiger partial charge in [-0.1, -0.05) is 11.6 Å². The summed E-state index contributed by atoms with van der Waals surface area (Å²) in [5, 5.41) is 3.34. The maximum absolute atomic E-state index is 11.9. The van der Waals surface area contributed by atoms with Gasteiger partial charge in [0.25, 0.3) is 0 Å². The van der Waals surface area contributed by atoms with Gasteiger partial charge in [0.2, 0.25) is 11.8 Å². The van der Waals surface area contributed by atoms with E-state index >= 15 is 0 Å². The average molecular weight is 283 g/mol. The highest BCUT2D eigenvalue weighted by Gasteiger charge is 2.25. The van der Waals surface area contributed by atoms with Crippen molar-refractivity contribution >= 4 is 29.1 Å². The van der Waals surface area contributed by atoms with Crippen LogP contribution in [0, 0.1) is 0 Å². The summed E-state index contributed by atoms with van der Waals surface area (Å²) in [5.74, 6) is -0.355. The van der Waals surface area contributed by atoms with Gasteiger partial charge in [0.05, 0.1) is 0 Å².